The molecular formula is C17H28N2O2. The van der Waals surface area contributed by atoms with Crippen molar-refractivity contribution in [1.29, 1.82) is 0 Å². The van der Waals surface area contributed by atoms with Crippen molar-refractivity contribution in [2.75, 3.05) is 6.54 Å². The summed E-state index contributed by atoms with van der Waals surface area (Å²) < 4.78 is 0. The van der Waals surface area contributed by atoms with E-state index in [4.69, 9.17) is 0 Å². The molecule has 1 saturated carbocycles. The molecule has 0 atom stereocenters. The van der Waals surface area contributed by atoms with Crippen molar-refractivity contribution in [2.24, 2.45) is 5.92 Å². The Hall–Kier alpha value is -1.58. The zero-order valence-corrected chi connectivity index (χ0v) is 12.9. The summed E-state index contributed by atoms with van der Waals surface area (Å²) in [5.74, 6) is 0.768. The van der Waals surface area contributed by atoms with Crippen LogP contribution in [0.25, 0.3) is 0 Å². The van der Waals surface area contributed by atoms with E-state index in [0.717, 1.165) is 45.1 Å². The average molecular weight is 292 g/mol. The lowest BCUT2D eigenvalue weighted by molar-refractivity contribution is -0.122. The van der Waals surface area contributed by atoms with Crippen LogP contribution in [-0.2, 0) is 9.59 Å². The molecular weight excluding hydrogens is 264 g/mol. The Bertz CT molecular complexity index is 358. The van der Waals surface area contributed by atoms with Gasteiger partial charge < -0.3 is 10.6 Å². The maximum absolute atomic E-state index is 11.6. The van der Waals surface area contributed by atoms with Gasteiger partial charge in [-0.05, 0) is 44.4 Å². The van der Waals surface area contributed by atoms with Gasteiger partial charge in [-0.3, -0.25) is 9.59 Å². The largest absolute Gasteiger partial charge is 0.356 e. The summed E-state index contributed by atoms with van der Waals surface area (Å²) in [7, 11) is 0. The van der Waals surface area contributed by atoms with Crippen molar-refractivity contribution in [3.63, 3.8) is 0 Å². The lowest BCUT2D eigenvalue weighted by atomic mass is 9.86. The van der Waals surface area contributed by atoms with Crippen molar-refractivity contribution in [3.8, 4) is 0 Å². The molecule has 118 valence electrons. The smallest absolute Gasteiger partial charge is 0.220 e. The van der Waals surface area contributed by atoms with Crippen LogP contribution in [0, 0.1) is 5.92 Å². The zero-order valence-electron chi connectivity index (χ0n) is 12.9. The van der Waals surface area contributed by atoms with Gasteiger partial charge in [0, 0.05) is 25.4 Å². The van der Waals surface area contributed by atoms with E-state index in [2.05, 4.69) is 23.8 Å². The number of rotatable bonds is 9. The SMILES string of the molecule is C=CCCC(=O)NCC1CCC(NC(=O)CCC=C)CC1. The molecule has 1 aliphatic carbocycles. The first-order chi connectivity index (χ1) is 10.2. The summed E-state index contributed by atoms with van der Waals surface area (Å²) in [5, 5.41) is 6.07. The van der Waals surface area contributed by atoms with Gasteiger partial charge in [0.1, 0.15) is 0 Å². The van der Waals surface area contributed by atoms with Crippen LogP contribution in [0.2, 0.25) is 0 Å². The molecule has 4 nitrogen and oxygen atoms in total. The first-order valence-corrected chi connectivity index (χ1v) is 7.93. The van der Waals surface area contributed by atoms with Crippen LogP contribution in [0.5, 0.6) is 0 Å². The number of amides is 2. The summed E-state index contributed by atoms with van der Waals surface area (Å²) in [6.45, 7) is 7.99. The molecule has 0 bridgehead atoms. The molecule has 0 saturated heterocycles. The number of hydrogen-bond donors (Lipinski definition) is 2. The standard InChI is InChI=1S/C17H28N2O2/c1-3-5-7-16(20)18-13-14-9-11-15(12-10-14)19-17(21)8-6-4-2/h3-4,14-15H,1-2,5-13H2,(H,18,20)(H,19,21). The third kappa shape index (κ3) is 7.69. The van der Waals surface area contributed by atoms with E-state index in [0.29, 0.717) is 24.8 Å². The molecule has 0 aromatic rings. The highest BCUT2D eigenvalue weighted by Crippen LogP contribution is 2.23. The van der Waals surface area contributed by atoms with Crippen LogP contribution in [0.15, 0.2) is 25.3 Å². The van der Waals surface area contributed by atoms with Crippen LogP contribution in [0.4, 0.5) is 0 Å². The van der Waals surface area contributed by atoms with E-state index in [1.165, 1.54) is 0 Å². The normalized spacial score (nSPS) is 21.3. The Labute approximate surface area is 128 Å². The molecule has 21 heavy (non-hydrogen) atoms. The van der Waals surface area contributed by atoms with Crippen LogP contribution in [0.1, 0.15) is 51.4 Å². The van der Waals surface area contributed by atoms with Crippen molar-refractivity contribution in [2.45, 2.75) is 57.4 Å². The minimum absolute atomic E-state index is 0.106. The Morgan fingerprint density at radius 3 is 2.10 bits per heavy atom. The highest BCUT2D eigenvalue weighted by Gasteiger charge is 2.22. The number of hydrogen-bond acceptors (Lipinski definition) is 2. The van der Waals surface area contributed by atoms with Gasteiger partial charge in [0.2, 0.25) is 11.8 Å². The highest BCUT2D eigenvalue weighted by molar-refractivity contribution is 5.76. The Morgan fingerprint density at radius 1 is 0.952 bits per heavy atom. The fraction of sp³-hybridized carbons (Fsp3) is 0.647. The predicted molar refractivity (Wildman–Crippen MR) is 85.8 cm³/mol. The summed E-state index contributed by atoms with van der Waals surface area (Å²) in [6, 6.07) is 0.301. The van der Waals surface area contributed by atoms with E-state index in [1.54, 1.807) is 12.2 Å². The number of allylic oxidation sites excluding steroid dienone is 2. The van der Waals surface area contributed by atoms with E-state index in [9.17, 15) is 9.59 Å². The second kappa shape index (κ2) is 10.2. The van der Waals surface area contributed by atoms with Gasteiger partial charge in [0.05, 0.1) is 0 Å². The van der Waals surface area contributed by atoms with E-state index < -0.39 is 0 Å². The maximum atomic E-state index is 11.6. The minimum atomic E-state index is 0.106. The van der Waals surface area contributed by atoms with Crippen molar-refractivity contribution in [3.05, 3.63) is 25.3 Å². The maximum Gasteiger partial charge on any atom is 0.220 e. The van der Waals surface area contributed by atoms with Crippen LogP contribution in [-0.4, -0.2) is 24.4 Å². The van der Waals surface area contributed by atoms with Gasteiger partial charge >= 0.3 is 0 Å². The lowest BCUT2D eigenvalue weighted by Crippen LogP contribution is -2.39. The molecule has 0 unspecified atom stereocenters. The minimum Gasteiger partial charge on any atom is -0.356 e. The van der Waals surface area contributed by atoms with Gasteiger partial charge in [0.25, 0.3) is 0 Å². The van der Waals surface area contributed by atoms with E-state index in [1.807, 2.05) is 0 Å². The molecule has 0 aromatic carbocycles. The van der Waals surface area contributed by atoms with Gasteiger partial charge in [-0.2, -0.15) is 0 Å². The van der Waals surface area contributed by atoms with Crippen LogP contribution < -0.4 is 10.6 Å². The monoisotopic (exact) mass is 292 g/mol. The van der Waals surface area contributed by atoms with Crippen LogP contribution >= 0.6 is 0 Å². The first kappa shape index (κ1) is 17.5. The van der Waals surface area contributed by atoms with Crippen molar-refractivity contribution >= 4 is 11.8 Å². The van der Waals surface area contributed by atoms with E-state index in [-0.39, 0.29) is 11.8 Å². The quantitative estimate of drug-likeness (QED) is 0.642. The van der Waals surface area contributed by atoms with Gasteiger partial charge in [0.15, 0.2) is 0 Å². The molecule has 4 heteroatoms. The average Bonchev–Trinajstić information content (AvgIpc) is 2.50. The summed E-state index contributed by atoms with van der Waals surface area (Å²) >= 11 is 0. The topological polar surface area (TPSA) is 58.2 Å². The predicted octanol–water partition coefficient (Wildman–Crippen LogP) is 2.71. The summed E-state index contributed by atoms with van der Waals surface area (Å²) in [6.07, 6.45) is 10.2. The molecule has 1 fully saturated rings. The fourth-order valence-corrected chi connectivity index (χ4v) is 2.62. The van der Waals surface area contributed by atoms with Gasteiger partial charge in [-0.25, -0.2) is 0 Å². The van der Waals surface area contributed by atoms with Crippen molar-refractivity contribution in [1.82, 2.24) is 10.6 Å². The molecule has 1 aliphatic rings. The second-order valence-electron chi connectivity index (χ2n) is 5.74. The Morgan fingerprint density at radius 2 is 1.52 bits per heavy atom. The second-order valence-corrected chi connectivity index (χ2v) is 5.74. The molecule has 0 spiro atoms. The molecule has 2 amide bonds. The van der Waals surface area contributed by atoms with Gasteiger partial charge in [-0.1, -0.05) is 12.2 Å². The van der Waals surface area contributed by atoms with Crippen molar-refractivity contribution < 1.29 is 9.59 Å². The molecule has 0 heterocycles. The Balaban J connectivity index is 2.14. The highest BCUT2D eigenvalue weighted by atomic mass is 16.2. The Kier molecular flexibility index (Phi) is 8.48. The lowest BCUT2D eigenvalue weighted by Gasteiger charge is -2.29. The summed E-state index contributed by atoms with van der Waals surface area (Å²) in [4.78, 5) is 23.2. The third-order valence-corrected chi connectivity index (χ3v) is 3.95. The van der Waals surface area contributed by atoms with Gasteiger partial charge in [-0.15, -0.1) is 13.2 Å². The zero-order chi connectivity index (χ0) is 15.5. The van der Waals surface area contributed by atoms with Crippen LogP contribution in [0.3, 0.4) is 0 Å². The number of nitrogens with one attached hydrogen (secondary N) is 2. The first-order valence-electron chi connectivity index (χ1n) is 7.93. The molecule has 0 aliphatic heterocycles. The number of carbonyl (C=O) groups excluding carboxylic acids is 2. The third-order valence-electron chi connectivity index (χ3n) is 3.95. The molecule has 1 rings (SSSR count). The van der Waals surface area contributed by atoms with E-state index >= 15 is 0 Å². The fourth-order valence-electron chi connectivity index (χ4n) is 2.62. The molecule has 0 radical (unpaired) electrons. The number of carbonyl (C=O) groups is 2. The molecule has 2 N–H and O–H groups in total. The summed E-state index contributed by atoms with van der Waals surface area (Å²) in [5.41, 5.74) is 0. The molecule has 0 aromatic heterocycles.